The van der Waals surface area contributed by atoms with E-state index in [-0.39, 0.29) is 0 Å². The molecule has 1 heterocycles. The quantitative estimate of drug-likeness (QED) is 0.611. The molecule has 1 aromatic carbocycles. The number of thiophene rings is 1. The molecule has 3 nitrogen and oxygen atoms in total. The molecule has 1 aromatic heterocycles. The van der Waals surface area contributed by atoms with Crippen LogP contribution in [-0.2, 0) is 11.2 Å². The molecule has 0 amide bonds. The Morgan fingerprint density at radius 3 is 2.86 bits per heavy atom. The van der Waals surface area contributed by atoms with Gasteiger partial charge in [-0.2, -0.15) is 0 Å². The summed E-state index contributed by atoms with van der Waals surface area (Å²) in [6, 6.07) is 6.86. The molecule has 0 aliphatic rings. The number of carbonyl (C=O) groups is 2. The van der Waals surface area contributed by atoms with E-state index in [0.717, 1.165) is 16.7 Å². The van der Waals surface area contributed by atoms with Gasteiger partial charge in [0.05, 0.1) is 12.7 Å². The Labute approximate surface area is 131 Å². The molecule has 0 radical (unpaired) electrons. The summed E-state index contributed by atoms with van der Waals surface area (Å²) in [6.45, 7) is 0. The van der Waals surface area contributed by atoms with E-state index in [2.05, 4.69) is 0 Å². The van der Waals surface area contributed by atoms with E-state index in [1.54, 1.807) is 24.3 Å². The number of hydrogen-bond acceptors (Lipinski definition) is 4. The van der Waals surface area contributed by atoms with Gasteiger partial charge in [-0.25, -0.2) is 4.79 Å². The molecule has 0 saturated carbocycles. The number of esters is 1. The van der Waals surface area contributed by atoms with Gasteiger partial charge in [0.2, 0.25) is 0 Å². The van der Waals surface area contributed by atoms with Gasteiger partial charge in [0.1, 0.15) is 0 Å². The van der Waals surface area contributed by atoms with Gasteiger partial charge in [-0.1, -0.05) is 29.8 Å². The Bertz CT molecular complexity index is 689. The van der Waals surface area contributed by atoms with Crippen LogP contribution in [0.5, 0.6) is 0 Å². The number of ether oxygens (including phenoxy) is 1. The Balaban J connectivity index is 2.21. The fourth-order valence-electron chi connectivity index (χ4n) is 1.87. The molecule has 5 heteroatoms. The monoisotopic (exact) mass is 320 g/mol. The van der Waals surface area contributed by atoms with Gasteiger partial charge in [-0.3, -0.25) is 4.79 Å². The van der Waals surface area contributed by atoms with Crippen molar-refractivity contribution in [1.29, 1.82) is 0 Å². The van der Waals surface area contributed by atoms with E-state index in [1.807, 2.05) is 17.5 Å². The van der Waals surface area contributed by atoms with Crippen LogP contribution in [0.15, 0.2) is 35.7 Å². The standard InChI is InChI=1S/C16H13ClO3S/c1-20-16(19)14-9-13(17)6-5-11(14)3-2-4-15-12(10-18)7-8-21-15/h2-3,5-10H,4H2,1H3/b3-2-. The molecule has 0 unspecified atom stereocenters. The molecule has 2 rings (SSSR count). The van der Waals surface area contributed by atoms with Crippen LogP contribution in [0.4, 0.5) is 0 Å². The van der Waals surface area contributed by atoms with Gasteiger partial charge in [0.25, 0.3) is 0 Å². The van der Waals surface area contributed by atoms with E-state index in [0.29, 0.717) is 22.6 Å². The predicted octanol–water partition coefficient (Wildman–Crippen LogP) is 4.26. The van der Waals surface area contributed by atoms with E-state index in [4.69, 9.17) is 16.3 Å². The van der Waals surface area contributed by atoms with Crippen LogP contribution >= 0.6 is 22.9 Å². The molecule has 0 fully saturated rings. The van der Waals surface area contributed by atoms with Gasteiger partial charge in [0.15, 0.2) is 6.29 Å². The lowest BCUT2D eigenvalue weighted by Crippen LogP contribution is -2.03. The van der Waals surface area contributed by atoms with E-state index in [1.165, 1.54) is 18.4 Å². The first kappa shape index (κ1) is 15.5. The molecule has 0 bridgehead atoms. The molecular weight excluding hydrogens is 308 g/mol. The van der Waals surface area contributed by atoms with Gasteiger partial charge >= 0.3 is 5.97 Å². The first-order valence-corrected chi connectivity index (χ1v) is 7.47. The topological polar surface area (TPSA) is 43.4 Å². The van der Waals surface area contributed by atoms with Gasteiger partial charge in [0, 0.05) is 21.9 Å². The minimum Gasteiger partial charge on any atom is -0.465 e. The maximum Gasteiger partial charge on any atom is 0.338 e. The molecule has 0 atom stereocenters. The van der Waals surface area contributed by atoms with Gasteiger partial charge < -0.3 is 4.74 Å². The van der Waals surface area contributed by atoms with Crippen molar-refractivity contribution in [3.8, 4) is 0 Å². The van der Waals surface area contributed by atoms with Crippen LogP contribution in [0.25, 0.3) is 6.08 Å². The van der Waals surface area contributed by atoms with E-state index < -0.39 is 5.97 Å². The lowest BCUT2D eigenvalue weighted by Gasteiger charge is -2.04. The number of halogens is 1. The molecule has 0 N–H and O–H groups in total. The molecule has 21 heavy (non-hydrogen) atoms. The highest BCUT2D eigenvalue weighted by atomic mass is 35.5. The molecule has 0 saturated heterocycles. The summed E-state index contributed by atoms with van der Waals surface area (Å²) in [5, 5.41) is 2.36. The van der Waals surface area contributed by atoms with Gasteiger partial charge in [-0.15, -0.1) is 11.3 Å². The second kappa shape index (κ2) is 7.20. The number of hydrogen-bond donors (Lipinski definition) is 0. The third kappa shape index (κ3) is 3.80. The third-order valence-corrected chi connectivity index (χ3v) is 4.12. The van der Waals surface area contributed by atoms with Crippen LogP contribution in [0.1, 0.15) is 31.2 Å². The van der Waals surface area contributed by atoms with Crippen molar-refractivity contribution in [2.45, 2.75) is 6.42 Å². The first-order valence-electron chi connectivity index (χ1n) is 6.21. The average molecular weight is 321 g/mol. The lowest BCUT2D eigenvalue weighted by molar-refractivity contribution is 0.0600. The number of rotatable bonds is 5. The van der Waals surface area contributed by atoms with Crippen molar-refractivity contribution in [3.05, 3.63) is 62.3 Å². The molecule has 0 aliphatic carbocycles. The third-order valence-electron chi connectivity index (χ3n) is 2.93. The van der Waals surface area contributed by atoms with Crippen molar-refractivity contribution in [2.75, 3.05) is 7.11 Å². The molecule has 0 spiro atoms. The van der Waals surface area contributed by atoms with Crippen LogP contribution < -0.4 is 0 Å². The summed E-state index contributed by atoms with van der Waals surface area (Å²) < 4.78 is 4.74. The molecule has 2 aromatic rings. The second-order valence-corrected chi connectivity index (χ2v) is 5.68. The van der Waals surface area contributed by atoms with E-state index in [9.17, 15) is 9.59 Å². The summed E-state index contributed by atoms with van der Waals surface area (Å²) in [5.74, 6) is -0.429. The minimum atomic E-state index is -0.429. The largest absolute Gasteiger partial charge is 0.465 e. The number of benzene rings is 1. The Morgan fingerprint density at radius 1 is 1.33 bits per heavy atom. The van der Waals surface area contributed by atoms with Gasteiger partial charge in [-0.05, 0) is 29.1 Å². The smallest absolute Gasteiger partial charge is 0.338 e. The summed E-state index contributed by atoms with van der Waals surface area (Å²) >= 11 is 7.44. The zero-order valence-electron chi connectivity index (χ0n) is 11.3. The molecular formula is C16H13ClO3S. The zero-order chi connectivity index (χ0) is 15.2. The average Bonchev–Trinajstić information content (AvgIpc) is 2.95. The van der Waals surface area contributed by atoms with Crippen LogP contribution in [-0.4, -0.2) is 19.4 Å². The minimum absolute atomic E-state index is 0.419. The first-order chi connectivity index (χ1) is 10.2. The summed E-state index contributed by atoms with van der Waals surface area (Å²) in [5.41, 5.74) is 1.85. The summed E-state index contributed by atoms with van der Waals surface area (Å²) in [7, 11) is 1.33. The van der Waals surface area contributed by atoms with Crippen LogP contribution in [0.2, 0.25) is 5.02 Å². The van der Waals surface area contributed by atoms with Crippen molar-refractivity contribution < 1.29 is 14.3 Å². The molecule has 108 valence electrons. The highest BCUT2D eigenvalue weighted by molar-refractivity contribution is 7.10. The number of carbonyl (C=O) groups excluding carboxylic acids is 2. The number of aldehydes is 1. The Hall–Kier alpha value is -1.91. The van der Waals surface area contributed by atoms with Crippen LogP contribution in [0.3, 0.4) is 0 Å². The fraction of sp³-hybridized carbons (Fsp3) is 0.125. The van der Waals surface area contributed by atoms with Crippen molar-refractivity contribution >= 4 is 41.3 Å². The number of allylic oxidation sites excluding steroid dienone is 1. The van der Waals surface area contributed by atoms with Crippen molar-refractivity contribution in [2.24, 2.45) is 0 Å². The normalized spacial score (nSPS) is 10.8. The lowest BCUT2D eigenvalue weighted by atomic mass is 10.1. The molecule has 0 aliphatic heterocycles. The predicted molar refractivity (Wildman–Crippen MR) is 85.2 cm³/mol. The SMILES string of the molecule is COC(=O)c1cc(Cl)ccc1/C=C\Cc1sccc1C=O. The van der Waals surface area contributed by atoms with Crippen molar-refractivity contribution in [1.82, 2.24) is 0 Å². The highest BCUT2D eigenvalue weighted by Gasteiger charge is 2.10. The second-order valence-electron chi connectivity index (χ2n) is 4.25. The highest BCUT2D eigenvalue weighted by Crippen LogP contribution is 2.20. The summed E-state index contributed by atoms with van der Waals surface area (Å²) in [6.07, 6.45) is 5.22. The Kier molecular flexibility index (Phi) is 5.31. The fourth-order valence-corrected chi connectivity index (χ4v) is 2.87. The number of methoxy groups -OCH3 is 1. The van der Waals surface area contributed by atoms with Crippen LogP contribution in [0, 0.1) is 0 Å². The van der Waals surface area contributed by atoms with E-state index >= 15 is 0 Å². The summed E-state index contributed by atoms with van der Waals surface area (Å²) in [4.78, 5) is 23.6. The van der Waals surface area contributed by atoms with Crippen molar-refractivity contribution in [3.63, 3.8) is 0 Å². The maximum atomic E-state index is 11.7. The zero-order valence-corrected chi connectivity index (χ0v) is 12.9. The Morgan fingerprint density at radius 2 is 2.14 bits per heavy atom. The maximum absolute atomic E-state index is 11.7.